The Morgan fingerprint density at radius 1 is 0.596 bits per heavy atom. The van der Waals surface area contributed by atoms with Crippen LogP contribution in [0.2, 0.25) is 0 Å². The minimum atomic E-state index is -4.25. The van der Waals surface area contributed by atoms with E-state index >= 15 is 0 Å². The van der Waals surface area contributed by atoms with E-state index in [-0.39, 0.29) is 31.7 Å². The number of hydrogen-bond donors (Lipinski definition) is 0. The van der Waals surface area contributed by atoms with Crippen LogP contribution in [0, 0.1) is 17.5 Å². The molecule has 7 rings (SSSR count). The normalized spacial score (nSPS) is 17.2. The Hall–Kier alpha value is -3.70. The summed E-state index contributed by atoms with van der Waals surface area (Å²) in [5.74, 6) is -1.68. The van der Waals surface area contributed by atoms with E-state index in [1.807, 2.05) is 6.07 Å². The Bertz CT molecular complexity index is 2520. The number of halogens is 5. The predicted molar refractivity (Wildman–Crippen MR) is 196 cm³/mol. The average Bonchev–Trinajstić information content (AvgIpc) is 3.11. The van der Waals surface area contributed by atoms with Crippen LogP contribution in [0.1, 0.15) is 40.6 Å². The second-order valence-electron chi connectivity index (χ2n) is 11.9. The first-order chi connectivity index (χ1) is 24.6. The second kappa shape index (κ2) is 15.0. The van der Waals surface area contributed by atoms with Gasteiger partial charge in [-0.15, -0.1) is 0 Å². The van der Waals surface area contributed by atoms with Gasteiger partial charge in [0.2, 0.25) is 9.84 Å². The van der Waals surface area contributed by atoms with Gasteiger partial charge in [0.25, 0.3) is 0 Å². The van der Waals surface area contributed by atoms with Gasteiger partial charge in [0.05, 0.1) is 36.2 Å². The summed E-state index contributed by atoms with van der Waals surface area (Å²) in [6.45, 7) is 0. The van der Waals surface area contributed by atoms with Crippen molar-refractivity contribution >= 4 is 66.3 Å². The summed E-state index contributed by atoms with van der Waals surface area (Å²) >= 11 is 6.64. The van der Waals surface area contributed by atoms with Crippen LogP contribution in [0.25, 0.3) is 4.91 Å². The molecule has 0 fully saturated rings. The molecule has 270 valence electrons. The molecule has 0 aliphatic heterocycles. The summed E-state index contributed by atoms with van der Waals surface area (Å²) in [5.41, 5.74) is 2.14. The molecular formula is C36H27Br2F3N2O6S3. The van der Waals surface area contributed by atoms with E-state index in [1.54, 1.807) is 18.3 Å². The molecule has 0 bridgehead atoms. The SMILES string of the molecule is O=S(=O)(C1=CCCc2cc(Br)cnc21)c1ccc(F)cc1.O=S(=O)(c1ccc(F)cc1)C1CCc2cc(Br)cnc2C1S(=O)(=O)c1ccc(F)cc1. The van der Waals surface area contributed by atoms with Gasteiger partial charge in [-0.2, -0.15) is 0 Å². The number of aryl methyl sites for hydroxylation is 2. The molecule has 2 atom stereocenters. The molecule has 2 aromatic heterocycles. The fourth-order valence-electron chi connectivity index (χ4n) is 6.13. The lowest BCUT2D eigenvalue weighted by molar-refractivity contribution is 0.528. The summed E-state index contributed by atoms with van der Waals surface area (Å²) in [7, 11) is -12.1. The Balaban J connectivity index is 0.000000192. The number of hydrogen-bond acceptors (Lipinski definition) is 8. The summed E-state index contributed by atoms with van der Waals surface area (Å²) in [6, 6.07) is 17.0. The van der Waals surface area contributed by atoms with Crippen LogP contribution in [0.3, 0.4) is 0 Å². The zero-order valence-electron chi connectivity index (χ0n) is 26.8. The van der Waals surface area contributed by atoms with Gasteiger partial charge in [0.15, 0.2) is 19.7 Å². The highest BCUT2D eigenvalue weighted by atomic mass is 79.9. The highest BCUT2D eigenvalue weighted by Gasteiger charge is 2.47. The molecule has 0 saturated carbocycles. The lowest BCUT2D eigenvalue weighted by atomic mass is 9.95. The van der Waals surface area contributed by atoms with Crippen molar-refractivity contribution in [3.63, 3.8) is 0 Å². The lowest BCUT2D eigenvalue weighted by Crippen LogP contribution is -2.38. The standard InChI is InChI=1S/C21H16BrF2NO4S2.C15H11BrFNO2S/c22-14-11-13-1-10-19(30(26,27)17-6-2-15(23)3-7-17)21(20(13)25-12-14)31(28,29)18-8-4-16(24)5-9-18;16-11-8-10-2-1-3-14(15(10)18-9-11)21(19,20)13-6-4-12(17)5-7-13/h2-9,11-12,19,21H,1,10H2;3-9H,1-2H2. The van der Waals surface area contributed by atoms with Gasteiger partial charge < -0.3 is 0 Å². The first-order valence-corrected chi connectivity index (χ1v) is 21.7. The number of sulfone groups is 3. The van der Waals surface area contributed by atoms with E-state index in [2.05, 4.69) is 41.8 Å². The molecule has 3 aromatic carbocycles. The third-order valence-electron chi connectivity index (χ3n) is 8.61. The maximum absolute atomic E-state index is 13.6. The smallest absolute Gasteiger partial charge is 0.208 e. The van der Waals surface area contributed by atoms with Crippen molar-refractivity contribution in [2.75, 3.05) is 0 Å². The summed E-state index contributed by atoms with van der Waals surface area (Å²) in [4.78, 5) is 8.41. The van der Waals surface area contributed by atoms with Gasteiger partial charge in [-0.1, -0.05) is 6.08 Å². The minimum Gasteiger partial charge on any atom is -0.258 e. The summed E-state index contributed by atoms with van der Waals surface area (Å²) in [6.07, 6.45) is 6.42. The molecule has 2 aliphatic rings. The van der Waals surface area contributed by atoms with Gasteiger partial charge >= 0.3 is 0 Å². The molecular weight excluding hydrogens is 869 g/mol. The van der Waals surface area contributed by atoms with E-state index in [1.165, 1.54) is 18.3 Å². The number of pyridine rings is 2. The molecule has 0 amide bonds. The summed E-state index contributed by atoms with van der Waals surface area (Å²) in [5, 5.41) is -2.83. The number of nitrogens with zero attached hydrogens (tertiary/aromatic N) is 2. The Morgan fingerprint density at radius 2 is 1.08 bits per heavy atom. The van der Waals surface area contributed by atoms with E-state index < -0.39 is 57.5 Å². The molecule has 16 heteroatoms. The number of allylic oxidation sites excluding steroid dienone is 1. The zero-order valence-corrected chi connectivity index (χ0v) is 32.4. The molecule has 0 spiro atoms. The third-order valence-corrected chi connectivity index (χ3v) is 15.9. The van der Waals surface area contributed by atoms with E-state index in [0.717, 1.165) is 77.1 Å². The van der Waals surface area contributed by atoms with Crippen molar-refractivity contribution < 1.29 is 38.4 Å². The van der Waals surface area contributed by atoms with Crippen LogP contribution in [-0.2, 0) is 42.4 Å². The van der Waals surface area contributed by atoms with Crippen LogP contribution >= 0.6 is 31.9 Å². The lowest BCUT2D eigenvalue weighted by Gasteiger charge is -2.32. The van der Waals surface area contributed by atoms with Crippen LogP contribution < -0.4 is 0 Å². The van der Waals surface area contributed by atoms with Gasteiger partial charge in [0, 0.05) is 21.3 Å². The number of aromatic nitrogens is 2. The number of rotatable bonds is 6. The molecule has 8 nitrogen and oxygen atoms in total. The first kappa shape index (κ1) is 38.0. The molecule has 0 N–H and O–H groups in total. The van der Waals surface area contributed by atoms with Crippen LogP contribution in [0.15, 0.2) is 127 Å². The highest BCUT2D eigenvalue weighted by molar-refractivity contribution is 9.10. The fraction of sp³-hybridized carbons (Fsp3) is 0.167. The Kier molecular flexibility index (Phi) is 11.0. The van der Waals surface area contributed by atoms with Crippen molar-refractivity contribution in [2.45, 2.75) is 50.9 Å². The largest absolute Gasteiger partial charge is 0.258 e. The van der Waals surface area contributed by atoms with Gasteiger partial charge in [-0.25, -0.2) is 38.4 Å². The average molecular weight is 897 g/mol. The molecule has 5 aromatic rings. The minimum absolute atomic E-state index is 0.0376. The van der Waals surface area contributed by atoms with Crippen molar-refractivity contribution in [1.29, 1.82) is 0 Å². The van der Waals surface area contributed by atoms with Crippen molar-refractivity contribution in [3.05, 3.63) is 152 Å². The van der Waals surface area contributed by atoms with Gasteiger partial charge in [0.1, 0.15) is 22.7 Å². The monoisotopic (exact) mass is 894 g/mol. The maximum atomic E-state index is 13.6. The van der Waals surface area contributed by atoms with Crippen LogP contribution in [-0.4, -0.2) is 40.5 Å². The van der Waals surface area contributed by atoms with Gasteiger partial charge in [-0.3, -0.25) is 9.97 Å². The van der Waals surface area contributed by atoms with Crippen LogP contribution in [0.4, 0.5) is 13.2 Å². The molecule has 0 saturated heterocycles. The van der Waals surface area contributed by atoms with Crippen molar-refractivity contribution in [2.24, 2.45) is 0 Å². The molecule has 2 heterocycles. The summed E-state index contributed by atoms with van der Waals surface area (Å²) < 4.78 is 121. The number of fused-ring (bicyclic) bond motifs is 2. The zero-order chi connectivity index (χ0) is 37.4. The second-order valence-corrected chi connectivity index (χ2v) is 19.9. The van der Waals surface area contributed by atoms with E-state index in [9.17, 15) is 38.4 Å². The molecule has 0 radical (unpaired) electrons. The fourth-order valence-corrected chi connectivity index (χ4v) is 12.9. The first-order valence-electron chi connectivity index (χ1n) is 15.6. The van der Waals surface area contributed by atoms with Crippen LogP contribution in [0.5, 0.6) is 0 Å². The Morgan fingerprint density at radius 3 is 1.63 bits per heavy atom. The molecule has 52 heavy (non-hydrogen) atoms. The van der Waals surface area contributed by atoms with E-state index in [0.29, 0.717) is 28.6 Å². The third kappa shape index (κ3) is 7.67. The van der Waals surface area contributed by atoms with Gasteiger partial charge in [-0.05, 0) is 154 Å². The predicted octanol–water partition coefficient (Wildman–Crippen LogP) is 8.17. The van der Waals surface area contributed by atoms with Crippen molar-refractivity contribution in [3.8, 4) is 0 Å². The molecule has 2 aliphatic carbocycles. The Labute approximate surface area is 315 Å². The quantitative estimate of drug-likeness (QED) is 0.156. The van der Waals surface area contributed by atoms with Crippen molar-refractivity contribution in [1.82, 2.24) is 9.97 Å². The van der Waals surface area contributed by atoms with E-state index in [4.69, 9.17) is 0 Å². The topological polar surface area (TPSA) is 128 Å². The molecule has 2 unspecified atom stereocenters. The maximum Gasteiger partial charge on any atom is 0.208 e. The highest BCUT2D eigenvalue weighted by Crippen LogP contribution is 2.43. The number of benzene rings is 3.